The average molecular weight is 271 g/mol. The lowest BCUT2D eigenvalue weighted by Gasteiger charge is -2.37. The van der Waals surface area contributed by atoms with Gasteiger partial charge in [0.05, 0.1) is 4.24 Å². The van der Waals surface area contributed by atoms with Crippen molar-refractivity contribution in [1.82, 2.24) is 4.90 Å². The summed E-state index contributed by atoms with van der Waals surface area (Å²) in [4.78, 5) is 24.5. The van der Waals surface area contributed by atoms with Crippen LogP contribution in [-0.2, 0) is 9.59 Å². The molecule has 0 aliphatic carbocycles. The highest BCUT2D eigenvalue weighted by Gasteiger charge is 2.52. The van der Waals surface area contributed by atoms with Gasteiger partial charge in [0.25, 0.3) is 5.91 Å². The fourth-order valence-electron chi connectivity index (χ4n) is 1.88. The minimum atomic E-state index is -1.02. The van der Waals surface area contributed by atoms with Crippen molar-refractivity contribution in [2.24, 2.45) is 0 Å². The van der Waals surface area contributed by atoms with E-state index in [1.807, 2.05) is 20.8 Å². The largest absolute Gasteiger partial charge is 0.477 e. The quantitative estimate of drug-likeness (QED) is 0.630. The molecule has 6 heteroatoms. The van der Waals surface area contributed by atoms with Crippen molar-refractivity contribution >= 4 is 35.4 Å². The molecule has 0 aromatic rings. The monoisotopic (exact) mass is 271 g/mol. The van der Waals surface area contributed by atoms with Crippen LogP contribution < -0.4 is 0 Å². The van der Waals surface area contributed by atoms with Crippen LogP contribution in [0.5, 0.6) is 0 Å². The Labute approximate surface area is 108 Å². The molecule has 4 nitrogen and oxygen atoms in total. The first-order valence-electron chi connectivity index (χ1n) is 5.27. The van der Waals surface area contributed by atoms with E-state index in [1.54, 1.807) is 0 Å². The first-order valence-corrected chi connectivity index (χ1v) is 7.13. The van der Waals surface area contributed by atoms with E-state index in [9.17, 15) is 14.7 Å². The van der Waals surface area contributed by atoms with Crippen molar-refractivity contribution < 1.29 is 14.7 Å². The van der Waals surface area contributed by atoms with Gasteiger partial charge in [-0.1, -0.05) is 24.3 Å². The Morgan fingerprint density at radius 1 is 1.53 bits per heavy atom. The summed E-state index contributed by atoms with van der Waals surface area (Å²) in [5, 5.41) is 9.06. The molecule has 2 aliphatic heterocycles. The van der Waals surface area contributed by atoms with Gasteiger partial charge in [-0.15, -0.1) is 11.8 Å². The summed E-state index contributed by atoms with van der Waals surface area (Å²) < 4.78 is 0.745. The Balaban J connectivity index is 2.36. The molecule has 0 spiro atoms. The molecule has 1 N–H and O–H groups in total. The second-order valence-corrected chi connectivity index (χ2v) is 6.56. The first kappa shape index (κ1) is 12.6. The number of carbonyl (C=O) groups excluding carboxylic acids is 1. The Hall–Kier alpha value is -0.880. The zero-order valence-corrected chi connectivity index (χ0v) is 11.4. The predicted octanol–water partition coefficient (Wildman–Crippen LogP) is 2.24. The molecule has 0 radical (unpaired) electrons. The summed E-state index contributed by atoms with van der Waals surface area (Å²) in [5.74, 6) is -0.374. The Morgan fingerprint density at radius 3 is 2.65 bits per heavy atom. The summed E-state index contributed by atoms with van der Waals surface area (Å²) in [6, 6.07) is 0. The fraction of sp³-hybridized carbons (Fsp3) is 0.455. The summed E-state index contributed by atoms with van der Waals surface area (Å²) in [6.07, 6.45) is 0. The third kappa shape index (κ3) is 1.79. The maximum absolute atomic E-state index is 11.9. The molecule has 2 rings (SSSR count). The van der Waals surface area contributed by atoms with Crippen LogP contribution in [0.2, 0.25) is 0 Å². The van der Waals surface area contributed by atoms with Crippen LogP contribution in [0.3, 0.4) is 0 Å². The third-order valence-corrected chi connectivity index (χ3v) is 5.06. The van der Waals surface area contributed by atoms with E-state index >= 15 is 0 Å². The van der Waals surface area contributed by atoms with Gasteiger partial charge in [-0.05, 0) is 19.6 Å². The first-order chi connectivity index (χ1) is 7.99. The van der Waals surface area contributed by atoms with Gasteiger partial charge < -0.3 is 5.11 Å². The molecule has 0 saturated carbocycles. The molecule has 1 atom stereocenters. The minimum absolute atomic E-state index is 0.118. The number of nitrogens with zero attached hydrogens (tertiary/aromatic N) is 1. The average Bonchev–Trinajstić information content (AvgIpc) is 2.53. The minimum Gasteiger partial charge on any atom is -0.477 e. The molecule has 0 aromatic carbocycles. The molecule has 1 amide bonds. The van der Waals surface area contributed by atoms with Gasteiger partial charge in [0.1, 0.15) is 5.37 Å². The maximum atomic E-state index is 11.9. The van der Waals surface area contributed by atoms with Crippen LogP contribution in [0.4, 0.5) is 0 Å². The number of thioether (sulfide) groups is 2. The maximum Gasteiger partial charge on any atom is 0.354 e. The number of carbonyl (C=O) groups is 2. The highest BCUT2D eigenvalue weighted by Crippen LogP contribution is 2.53. The topological polar surface area (TPSA) is 57.6 Å². The van der Waals surface area contributed by atoms with Gasteiger partial charge in [0.2, 0.25) is 0 Å². The highest BCUT2D eigenvalue weighted by molar-refractivity contribution is 8.22. The lowest BCUT2D eigenvalue weighted by molar-refractivity contribution is -0.141. The van der Waals surface area contributed by atoms with Crippen LogP contribution in [0, 0.1) is 0 Å². The predicted molar refractivity (Wildman–Crippen MR) is 69.4 cm³/mol. The lowest BCUT2D eigenvalue weighted by Crippen LogP contribution is -2.51. The molecule has 2 heterocycles. The van der Waals surface area contributed by atoms with Crippen molar-refractivity contribution in [1.29, 1.82) is 0 Å². The number of carboxylic acids is 1. The van der Waals surface area contributed by atoms with Crippen molar-refractivity contribution in [3.63, 3.8) is 0 Å². The lowest BCUT2D eigenvalue weighted by atomic mass is 10.0. The van der Waals surface area contributed by atoms with E-state index < -0.39 is 5.97 Å². The van der Waals surface area contributed by atoms with Crippen molar-refractivity contribution in [2.75, 3.05) is 5.75 Å². The summed E-state index contributed by atoms with van der Waals surface area (Å²) in [6.45, 7) is 5.74. The Kier molecular flexibility index (Phi) is 3.27. The standard InChI is InChI=1S/C11H13NO3S2/c1-4-16-11-7(10(14)15)12-8(13)6(5(2)3)9(12)17-11/h9H,4H2,1-3H3,(H,14,15)/t9-/m1/s1. The van der Waals surface area contributed by atoms with Crippen LogP contribution in [0.1, 0.15) is 20.8 Å². The number of allylic oxidation sites excluding steroid dienone is 1. The van der Waals surface area contributed by atoms with Gasteiger partial charge in [0.15, 0.2) is 5.70 Å². The SMILES string of the molecule is CCSC1=C(C(=O)O)N2C(=O)C(=C(C)C)[C@H]2S1. The molecule has 17 heavy (non-hydrogen) atoms. The Morgan fingerprint density at radius 2 is 2.18 bits per heavy atom. The molecule has 0 bridgehead atoms. The van der Waals surface area contributed by atoms with Crippen LogP contribution in [-0.4, -0.2) is 33.0 Å². The van der Waals surface area contributed by atoms with Crippen molar-refractivity contribution in [2.45, 2.75) is 26.1 Å². The summed E-state index contributed by atoms with van der Waals surface area (Å²) >= 11 is 2.95. The zero-order valence-electron chi connectivity index (χ0n) is 9.81. The van der Waals surface area contributed by atoms with E-state index in [-0.39, 0.29) is 17.0 Å². The molecular formula is C11H13NO3S2. The van der Waals surface area contributed by atoms with Gasteiger partial charge in [0, 0.05) is 5.57 Å². The second-order valence-electron chi connectivity index (χ2n) is 3.93. The van der Waals surface area contributed by atoms with Gasteiger partial charge in [-0.2, -0.15) is 0 Å². The number of hydrogen-bond donors (Lipinski definition) is 1. The zero-order chi connectivity index (χ0) is 12.7. The highest BCUT2D eigenvalue weighted by atomic mass is 32.2. The number of carboxylic acid groups (broad SMARTS) is 1. The fourth-order valence-corrected chi connectivity index (χ4v) is 4.62. The molecule has 1 fully saturated rings. The third-order valence-electron chi connectivity index (χ3n) is 2.60. The number of hydrogen-bond acceptors (Lipinski definition) is 4. The number of fused-ring (bicyclic) bond motifs is 1. The molecule has 0 unspecified atom stereocenters. The summed E-state index contributed by atoms with van der Waals surface area (Å²) in [7, 11) is 0. The number of β-lactam (4-membered cyclic amide) rings is 1. The summed E-state index contributed by atoms with van der Waals surface area (Å²) in [5.41, 5.74) is 1.87. The number of amides is 1. The molecule has 1 saturated heterocycles. The normalized spacial score (nSPS) is 22.8. The molecule has 0 aromatic heterocycles. The van der Waals surface area contributed by atoms with Crippen LogP contribution in [0.15, 0.2) is 21.1 Å². The van der Waals surface area contributed by atoms with Gasteiger partial charge in [-0.25, -0.2) is 4.79 Å². The number of rotatable bonds is 3. The van der Waals surface area contributed by atoms with E-state index in [4.69, 9.17) is 0 Å². The molecular weight excluding hydrogens is 258 g/mol. The van der Waals surface area contributed by atoms with Gasteiger partial charge >= 0.3 is 5.97 Å². The molecule has 2 aliphatic rings. The number of aliphatic carboxylic acids is 1. The van der Waals surface area contributed by atoms with E-state index in [2.05, 4.69) is 0 Å². The van der Waals surface area contributed by atoms with Crippen molar-refractivity contribution in [3.05, 3.63) is 21.1 Å². The van der Waals surface area contributed by atoms with Crippen LogP contribution in [0.25, 0.3) is 0 Å². The van der Waals surface area contributed by atoms with Crippen LogP contribution >= 0.6 is 23.5 Å². The smallest absolute Gasteiger partial charge is 0.354 e. The molecule has 92 valence electrons. The van der Waals surface area contributed by atoms with E-state index in [0.29, 0.717) is 0 Å². The second kappa shape index (κ2) is 4.42. The van der Waals surface area contributed by atoms with Gasteiger partial charge in [-0.3, -0.25) is 9.69 Å². The van der Waals surface area contributed by atoms with E-state index in [1.165, 1.54) is 28.4 Å². The Bertz CT molecular complexity index is 463. The van der Waals surface area contributed by atoms with E-state index in [0.717, 1.165) is 21.1 Å². The van der Waals surface area contributed by atoms with Crippen molar-refractivity contribution in [3.8, 4) is 0 Å².